The van der Waals surface area contributed by atoms with E-state index in [-0.39, 0.29) is 34.8 Å². The summed E-state index contributed by atoms with van der Waals surface area (Å²) < 4.78 is 22.6. The Bertz CT molecular complexity index is 859. The molecule has 0 amide bonds. The zero-order chi connectivity index (χ0) is 20.4. The van der Waals surface area contributed by atoms with Crippen molar-refractivity contribution in [3.05, 3.63) is 36.3 Å². The predicted octanol–water partition coefficient (Wildman–Crippen LogP) is 3.65. The average Bonchev–Trinajstić information content (AvgIpc) is 2.99. The molecule has 7 atom stereocenters. The lowest BCUT2D eigenvalue weighted by Gasteiger charge is -2.52. The van der Waals surface area contributed by atoms with E-state index in [9.17, 15) is 9.59 Å². The van der Waals surface area contributed by atoms with Gasteiger partial charge >= 0.3 is 11.9 Å². The third-order valence-electron chi connectivity index (χ3n) is 8.34. The molecule has 1 spiro atoms. The lowest BCUT2D eigenvalue weighted by atomic mass is 9.50. The minimum atomic E-state index is -0.604. The van der Waals surface area contributed by atoms with E-state index in [1.807, 2.05) is 18.2 Å². The normalized spacial score (nSPS) is 44.0. The van der Waals surface area contributed by atoms with Gasteiger partial charge in [-0.15, -0.1) is 0 Å². The molecule has 1 aromatic rings. The number of ether oxygens (including phenoxy) is 3. The number of carbonyl (C=O) groups excluding carboxylic acids is 2. The van der Waals surface area contributed by atoms with Crippen LogP contribution in [0, 0.1) is 28.1 Å². The highest BCUT2D eigenvalue weighted by Crippen LogP contribution is 2.82. The summed E-state index contributed by atoms with van der Waals surface area (Å²) in [7, 11) is 1.47. The fourth-order valence-electron chi connectivity index (χ4n) is 6.99. The van der Waals surface area contributed by atoms with Crippen LogP contribution in [-0.2, 0) is 30.2 Å². The molecule has 1 saturated heterocycles. The van der Waals surface area contributed by atoms with E-state index < -0.39 is 11.7 Å². The Kier molecular flexibility index (Phi) is 4.05. The van der Waals surface area contributed by atoms with Crippen molar-refractivity contribution in [1.29, 1.82) is 0 Å². The van der Waals surface area contributed by atoms with E-state index in [0.29, 0.717) is 5.92 Å². The van der Waals surface area contributed by atoms with E-state index in [1.54, 1.807) is 12.5 Å². The van der Waals surface area contributed by atoms with Crippen LogP contribution in [0.5, 0.6) is 0 Å². The molecule has 6 heteroatoms. The molecule has 0 N–H and O–H groups in total. The van der Waals surface area contributed by atoms with Gasteiger partial charge in [0.1, 0.15) is 0 Å². The van der Waals surface area contributed by atoms with Crippen molar-refractivity contribution in [3.8, 4) is 0 Å². The minimum Gasteiger partial charge on any atom is -0.472 e. The number of rotatable bonds is 5. The molecule has 0 unspecified atom stereocenters. The highest BCUT2D eigenvalue weighted by atomic mass is 16.7. The first-order valence-corrected chi connectivity index (χ1v) is 10.5. The molecule has 4 aliphatic rings. The van der Waals surface area contributed by atoms with Crippen LogP contribution in [-0.4, -0.2) is 31.4 Å². The molecule has 1 aliphatic heterocycles. The van der Waals surface area contributed by atoms with E-state index in [4.69, 9.17) is 18.6 Å². The van der Waals surface area contributed by atoms with Gasteiger partial charge in [0.15, 0.2) is 0 Å². The van der Waals surface area contributed by atoms with E-state index >= 15 is 0 Å². The fraction of sp³-hybridized carbons (Fsp3) is 0.652. The van der Waals surface area contributed by atoms with E-state index in [0.717, 1.165) is 37.7 Å². The van der Waals surface area contributed by atoms with Gasteiger partial charge in [0.25, 0.3) is 0 Å². The van der Waals surface area contributed by atoms with E-state index in [1.165, 1.54) is 14.0 Å². The molecule has 6 nitrogen and oxygen atoms in total. The molecule has 3 aliphatic carbocycles. The van der Waals surface area contributed by atoms with Crippen LogP contribution >= 0.6 is 0 Å². The van der Waals surface area contributed by atoms with Gasteiger partial charge in [-0.2, -0.15) is 0 Å². The summed E-state index contributed by atoms with van der Waals surface area (Å²) in [6, 6.07) is 1.98. The summed E-state index contributed by atoms with van der Waals surface area (Å²) in [6.45, 7) is 3.68. The molecule has 29 heavy (non-hydrogen) atoms. The Balaban J connectivity index is 1.58. The zero-order valence-corrected chi connectivity index (χ0v) is 17.2. The van der Waals surface area contributed by atoms with Crippen LogP contribution in [0.4, 0.5) is 0 Å². The second-order valence-corrected chi connectivity index (χ2v) is 9.36. The summed E-state index contributed by atoms with van der Waals surface area (Å²) in [5.41, 5.74) is 0.0554. The third-order valence-corrected chi connectivity index (χ3v) is 8.34. The molecule has 0 aromatic carbocycles. The van der Waals surface area contributed by atoms with Crippen LogP contribution in [0.1, 0.15) is 45.1 Å². The van der Waals surface area contributed by atoms with Gasteiger partial charge in [-0.05, 0) is 55.1 Å². The smallest absolute Gasteiger partial charge is 0.316 e. The fourth-order valence-corrected chi connectivity index (χ4v) is 6.99. The van der Waals surface area contributed by atoms with Crippen LogP contribution < -0.4 is 0 Å². The average molecular weight is 400 g/mol. The van der Waals surface area contributed by atoms with Crippen molar-refractivity contribution in [2.75, 3.05) is 7.11 Å². The maximum Gasteiger partial charge on any atom is 0.316 e. The van der Waals surface area contributed by atoms with Crippen molar-refractivity contribution in [2.45, 2.75) is 58.3 Å². The summed E-state index contributed by atoms with van der Waals surface area (Å²) in [5.74, 6) is -0.0514. The summed E-state index contributed by atoms with van der Waals surface area (Å²) >= 11 is 0. The number of carbonyl (C=O) groups is 2. The van der Waals surface area contributed by atoms with Gasteiger partial charge in [0.05, 0.1) is 31.2 Å². The van der Waals surface area contributed by atoms with Gasteiger partial charge in [-0.25, -0.2) is 0 Å². The van der Waals surface area contributed by atoms with Gasteiger partial charge in [-0.3, -0.25) is 9.59 Å². The molecular formula is C23H28O6. The predicted molar refractivity (Wildman–Crippen MR) is 102 cm³/mol. The number of methoxy groups -OCH3 is 1. The van der Waals surface area contributed by atoms with Gasteiger partial charge in [0, 0.05) is 18.3 Å². The Labute approximate surface area is 170 Å². The number of aryl methyl sites for hydroxylation is 1. The largest absolute Gasteiger partial charge is 0.472 e. The highest BCUT2D eigenvalue weighted by molar-refractivity contribution is 5.85. The van der Waals surface area contributed by atoms with Gasteiger partial charge in [-0.1, -0.05) is 19.1 Å². The second-order valence-electron chi connectivity index (χ2n) is 9.36. The second kappa shape index (κ2) is 6.21. The molecular weight excluding hydrogens is 372 g/mol. The molecule has 2 saturated carbocycles. The van der Waals surface area contributed by atoms with Crippen LogP contribution in [0.3, 0.4) is 0 Å². The molecule has 0 bridgehead atoms. The maximum absolute atomic E-state index is 12.8. The first kappa shape index (κ1) is 18.9. The minimum absolute atomic E-state index is 0.124. The Morgan fingerprint density at radius 1 is 1.34 bits per heavy atom. The Morgan fingerprint density at radius 2 is 2.17 bits per heavy atom. The number of furan rings is 1. The number of hydrogen-bond acceptors (Lipinski definition) is 6. The topological polar surface area (TPSA) is 75.0 Å². The molecule has 2 heterocycles. The molecule has 156 valence electrons. The number of hydrogen-bond donors (Lipinski definition) is 0. The number of esters is 2. The summed E-state index contributed by atoms with van der Waals surface area (Å²) in [5, 5.41) is 0. The van der Waals surface area contributed by atoms with Gasteiger partial charge < -0.3 is 18.6 Å². The standard InChI is InChI=1S/C23H28O6/c1-14-4-8-21-13-22(21,19(25)26-3)9-6-17-18(21)23(14,20(29-17)28-15(2)24)10-5-16-7-11-27-12-16/h6-7,9,11-12,14,17-18,20H,4-5,8,10,13H2,1-3H3/t14-,17+,18+,20-,21+,22+,23-/m1/s1. The summed E-state index contributed by atoms with van der Waals surface area (Å²) in [4.78, 5) is 24.7. The highest BCUT2D eigenvalue weighted by Gasteiger charge is 2.83. The molecule has 1 aromatic heterocycles. The van der Waals surface area contributed by atoms with Crippen molar-refractivity contribution in [3.63, 3.8) is 0 Å². The Hall–Kier alpha value is -2.08. The molecule has 3 fully saturated rings. The maximum atomic E-state index is 12.8. The quantitative estimate of drug-likeness (QED) is 0.555. The monoisotopic (exact) mass is 400 g/mol. The van der Waals surface area contributed by atoms with Crippen molar-refractivity contribution in [2.24, 2.45) is 28.1 Å². The van der Waals surface area contributed by atoms with Crippen molar-refractivity contribution >= 4 is 11.9 Å². The SMILES string of the molecule is COC(=O)[C@@]12C=C[C@@H]3O[C@@H](OC(C)=O)[C@]4(CCc5ccoc5)[C@H](C)CC[C@]1(C2)[C@H]34. The van der Waals surface area contributed by atoms with E-state index in [2.05, 4.69) is 6.92 Å². The third kappa shape index (κ3) is 2.32. The summed E-state index contributed by atoms with van der Waals surface area (Å²) in [6.07, 6.45) is 11.1. The Morgan fingerprint density at radius 3 is 2.86 bits per heavy atom. The first-order valence-electron chi connectivity index (χ1n) is 10.5. The van der Waals surface area contributed by atoms with Crippen LogP contribution in [0.25, 0.3) is 0 Å². The first-order chi connectivity index (χ1) is 13.9. The van der Waals surface area contributed by atoms with Crippen molar-refractivity contribution < 1.29 is 28.2 Å². The van der Waals surface area contributed by atoms with Crippen LogP contribution in [0.15, 0.2) is 35.2 Å². The van der Waals surface area contributed by atoms with Crippen LogP contribution in [0.2, 0.25) is 0 Å². The van der Waals surface area contributed by atoms with Crippen molar-refractivity contribution in [1.82, 2.24) is 0 Å². The zero-order valence-electron chi connectivity index (χ0n) is 17.2. The lowest BCUT2D eigenvalue weighted by Crippen LogP contribution is -2.53. The van der Waals surface area contributed by atoms with Gasteiger partial charge in [0.2, 0.25) is 6.29 Å². The lowest BCUT2D eigenvalue weighted by molar-refractivity contribution is -0.200. The molecule has 0 radical (unpaired) electrons. The molecule has 5 rings (SSSR count).